The Labute approximate surface area is 139 Å². The highest BCUT2D eigenvalue weighted by Crippen LogP contribution is 2.24. The lowest BCUT2D eigenvalue weighted by Crippen LogP contribution is -2.51. The molecule has 2 fully saturated rings. The molecular weight excluding hydrogens is 309 g/mol. The SMILES string of the molecule is C=C(/N=C1\NCC2(CCN(C)CC2)N1)c1nc(C)c(P)nc1N. The summed E-state index contributed by atoms with van der Waals surface area (Å²) in [6, 6.07) is 0. The van der Waals surface area contributed by atoms with Crippen molar-refractivity contribution in [2.75, 3.05) is 32.4 Å². The van der Waals surface area contributed by atoms with Crippen LogP contribution in [0.15, 0.2) is 11.6 Å². The van der Waals surface area contributed by atoms with Crippen molar-refractivity contribution in [3.8, 4) is 0 Å². The fourth-order valence-electron chi connectivity index (χ4n) is 2.95. The number of rotatable bonds is 2. The fourth-order valence-corrected chi connectivity index (χ4v) is 3.16. The Bertz CT molecular complexity index is 662. The lowest BCUT2D eigenvalue weighted by atomic mass is 9.89. The normalized spacial score (nSPS) is 22.1. The van der Waals surface area contributed by atoms with Crippen molar-refractivity contribution < 1.29 is 0 Å². The molecule has 0 amide bonds. The van der Waals surface area contributed by atoms with Crippen LogP contribution in [-0.4, -0.2) is 53.0 Å². The molecule has 1 aromatic rings. The Hall–Kier alpha value is -1.72. The number of aromatic nitrogens is 2. The maximum absolute atomic E-state index is 5.95. The van der Waals surface area contributed by atoms with Gasteiger partial charge in [0.05, 0.1) is 22.4 Å². The van der Waals surface area contributed by atoms with Crippen molar-refractivity contribution in [3.05, 3.63) is 18.0 Å². The number of hydrogen-bond acceptors (Lipinski definition) is 5. The molecule has 2 aliphatic heterocycles. The highest BCUT2D eigenvalue weighted by Gasteiger charge is 2.38. The third-order valence-corrected chi connectivity index (χ3v) is 5.12. The van der Waals surface area contributed by atoms with E-state index >= 15 is 0 Å². The number of likely N-dealkylation sites (tertiary alicyclic amines) is 1. The minimum absolute atomic E-state index is 0.0999. The van der Waals surface area contributed by atoms with Crippen LogP contribution in [-0.2, 0) is 0 Å². The summed E-state index contributed by atoms with van der Waals surface area (Å²) in [5.41, 5.74) is 8.66. The van der Waals surface area contributed by atoms with Crippen molar-refractivity contribution in [3.63, 3.8) is 0 Å². The number of aliphatic imine (C=N–C) groups is 1. The Balaban J connectivity index is 1.75. The van der Waals surface area contributed by atoms with Gasteiger partial charge in [-0.25, -0.2) is 15.0 Å². The highest BCUT2D eigenvalue weighted by molar-refractivity contribution is 7.27. The predicted molar refractivity (Wildman–Crippen MR) is 97.6 cm³/mol. The molecular formula is C15H24N7P. The van der Waals surface area contributed by atoms with Gasteiger partial charge in [-0.3, -0.25) is 0 Å². The Morgan fingerprint density at radius 3 is 2.78 bits per heavy atom. The zero-order valence-electron chi connectivity index (χ0n) is 13.7. The van der Waals surface area contributed by atoms with Crippen LogP contribution in [0.1, 0.15) is 24.2 Å². The Morgan fingerprint density at radius 2 is 2.09 bits per heavy atom. The first-order chi connectivity index (χ1) is 10.9. The molecule has 1 spiro atoms. The summed E-state index contributed by atoms with van der Waals surface area (Å²) >= 11 is 0. The lowest BCUT2D eigenvalue weighted by molar-refractivity contribution is 0.187. The first-order valence-electron chi connectivity index (χ1n) is 7.77. The van der Waals surface area contributed by atoms with Gasteiger partial charge in [0.25, 0.3) is 0 Å². The largest absolute Gasteiger partial charge is 0.382 e. The van der Waals surface area contributed by atoms with E-state index in [1.807, 2.05) is 6.92 Å². The van der Waals surface area contributed by atoms with E-state index in [9.17, 15) is 0 Å². The number of guanidine groups is 1. The molecule has 23 heavy (non-hydrogen) atoms. The van der Waals surface area contributed by atoms with E-state index < -0.39 is 0 Å². The molecule has 0 saturated carbocycles. The number of aryl methyl sites for hydroxylation is 1. The smallest absolute Gasteiger partial charge is 0.197 e. The van der Waals surface area contributed by atoms with E-state index in [0.717, 1.165) is 49.6 Å². The highest BCUT2D eigenvalue weighted by atomic mass is 31.0. The number of nitrogen functional groups attached to an aromatic ring is 1. The number of nitrogens with one attached hydrogen (secondary N) is 2. The van der Waals surface area contributed by atoms with Gasteiger partial charge >= 0.3 is 0 Å². The lowest BCUT2D eigenvalue weighted by Gasteiger charge is -2.36. The minimum atomic E-state index is 0.0999. The molecule has 1 unspecified atom stereocenters. The third kappa shape index (κ3) is 3.31. The standard InChI is InChI=1S/C15H24N7P/c1-9(11-12(16)20-13(23)10(2)18-11)19-14-17-8-15(21-14)4-6-22(3)7-5-15/h1,4-8,23H2,2-3H3,(H2,16,20)(H2,17,19,21). The average Bonchev–Trinajstić information content (AvgIpc) is 2.89. The van der Waals surface area contributed by atoms with Gasteiger partial charge in [-0.05, 0) is 26.8 Å². The van der Waals surface area contributed by atoms with Crippen LogP contribution >= 0.6 is 9.24 Å². The van der Waals surface area contributed by atoms with Crippen LogP contribution in [0, 0.1) is 6.92 Å². The zero-order chi connectivity index (χ0) is 16.6. The van der Waals surface area contributed by atoms with Crippen molar-refractivity contribution in [2.24, 2.45) is 4.99 Å². The Kier molecular flexibility index (Phi) is 4.25. The molecule has 1 atom stereocenters. The number of piperidine rings is 1. The monoisotopic (exact) mass is 333 g/mol. The summed E-state index contributed by atoms with van der Waals surface area (Å²) in [5.74, 6) is 1.09. The number of anilines is 1. The first-order valence-corrected chi connectivity index (χ1v) is 8.34. The Morgan fingerprint density at radius 1 is 1.39 bits per heavy atom. The fraction of sp³-hybridized carbons (Fsp3) is 0.533. The molecule has 1 aromatic heterocycles. The summed E-state index contributed by atoms with van der Waals surface area (Å²) in [4.78, 5) is 15.6. The average molecular weight is 333 g/mol. The van der Waals surface area contributed by atoms with Gasteiger partial charge < -0.3 is 21.3 Å². The molecule has 0 aromatic carbocycles. The van der Waals surface area contributed by atoms with Gasteiger partial charge in [0.1, 0.15) is 5.69 Å². The van der Waals surface area contributed by atoms with E-state index in [0.29, 0.717) is 17.2 Å². The van der Waals surface area contributed by atoms with E-state index in [1.54, 1.807) is 0 Å². The van der Waals surface area contributed by atoms with Crippen molar-refractivity contribution in [2.45, 2.75) is 25.3 Å². The molecule has 2 aliphatic rings. The molecule has 4 N–H and O–H groups in total. The maximum Gasteiger partial charge on any atom is 0.197 e. The van der Waals surface area contributed by atoms with Crippen LogP contribution in [0.25, 0.3) is 5.70 Å². The predicted octanol–water partition coefficient (Wildman–Crippen LogP) is -0.148. The molecule has 2 saturated heterocycles. The van der Waals surface area contributed by atoms with Crippen molar-refractivity contribution in [1.82, 2.24) is 25.5 Å². The second-order valence-corrected chi connectivity index (χ2v) is 6.94. The van der Waals surface area contributed by atoms with Crippen LogP contribution < -0.4 is 21.8 Å². The summed E-state index contributed by atoms with van der Waals surface area (Å²) in [6.07, 6.45) is 2.20. The summed E-state index contributed by atoms with van der Waals surface area (Å²) in [7, 11) is 4.68. The molecule has 0 aliphatic carbocycles. The van der Waals surface area contributed by atoms with Gasteiger partial charge in [0.15, 0.2) is 11.8 Å². The van der Waals surface area contributed by atoms with Crippen LogP contribution in [0.3, 0.4) is 0 Å². The van der Waals surface area contributed by atoms with Gasteiger partial charge in [-0.2, -0.15) is 0 Å². The van der Waals surface area contributed by atoms with Gasteiger partial charge in [-0.1, -0.05) is 15.8 Å². The summed E-state index contributed by atoms with van der Waals surface area (Å²) in [6.45, 7) is 8.96. The van der Waals surface area contributed by atoms with Crippen LogP contribution in [0.2, 0.25) is 0 Å². The molecule has 124 valence electrons. The molecule has 0 bridgehead atoms. The van der Waals surface area contributed by atoms with E-state index in [1.165, 1.54) is 0 Å². The molecule has 7 nitrogen and oxygen atoms in total. The van der Waals surface area contributed by atoms with Gasteiger partial charge in [0, 0.05) is 19.6 Å². The zero-order valence-corrected chi connectivity index (χ0v) is 14.8. The topological polar surface area (TPSA) is 91.5 Å². The van der Waals surface area contributed by atoms with E-state index in [2.05, 4.69) is 53.4 Å². The van der Waals surface area contributed by atoms with Crippen molar-refractivity contribution >= 4 is 32.1 Å². The van der Waals surface area contributed by atoms with Gasteiger partial charge in [-0.15, -0.1) is 0 Å². The second kappa shape index (κ2) is 6.06. The number of hydrogen-bond donors (Lipinski definition) is 3. The third-order valence-electron chi connectivity index (χ3n) is 4.58. The molecule has 0 radical (unpaired) electrons. The minimum Gasteiger partial charge on any atom is -0.382 e. The molecule has 3 heterocycles. The second-order valence-electron chi connectivity index (χ2n) is 6.40. The summed E-state index contributed by atoms with van der Waals surface area (Å²) < 4.78 is 0. The maximum atomic E-state index is 5.95. The van der Waals surface area contributed by atoms with E-state index in [-0.39, 0.29) is 5.54 Å². The number of nitrogens with two attached hydrogens (primary N) is 1. The quantitative estimate of drug-likeness (QED) is 0.652. The molecule has 8 heteroatoms. The van der Waals surface area contributed by atoms with Gasteiger partial charge in [0.2, 0.25) is 0 Å². The molecule has 3 rings (SSSR count). The van der Waals surface area contributed by atoms with Crippen molar-refractivity contribution in [1.29, 1.82) is 0 Å². The first kappa shape index (κ1) is 16.1. The van der Waals surface area contributed by atoms with E-state index in [4.69, 9.17) is 5.73 Å². The number of nitrogens with zero attached hydrogens (tertiary/aromatic N) is 4. The summed E-state index contributed by atoms with van der Waals surface area (Å²) in [5, 5.41) is 6.88. The van der Waals surface area contributed by atoms with Crippen LogP contribution in [0.4, 0.5) is 5.82 Å². The van der Waals surface area contributed by atoms with Crippen LogP contribution in [0.5, 0.6) is 0 Å².